The quantitative estimate of drug-likeness (QED) is 0.697. The number of phenols is 1. The minimum absolute atomic E-state index is 0.0285. The maximum absolute atomic E-state index is 12.9. The molecule has 0 aliphatic heterocycles. The summed E-state index contributed by atoms with van der Waals surface area (Å²) in [6.07, 6.45) is 2.39. The van der Waals surface area contributed by atoms with Crippen molar-refractivity contribution in [2.45, 2.75) is 27.2 Å². The van der Waals surface area contributed by atoms with Gasteiger partial charge in [0.15, 0.2) is 11.4 Å². The predicted octanol–water partition coefficient (Wildman–Crippen LogP) is 3.56. The van der Waals surface area contributed by atoms with Crippen LogP contribution < -0.4 is 10.1 Å². The van der Waals surface area contributed by atoms with Crippen molar-refractivity contribution in [3.8, 4) is 11.5 Å². The number of benzene rings is 1. The molecule has 2 N–H and O–H groups in total. The van der Waals surface area contributed by atoms with Crippen molar-refractivity contribution in [1.82, 2.24) is 9.38 Å². The smallest absolute Gasteiger partial charge is 0.274 e. The van der Waals surface area contributed by atoms with Crippen LogP contribution >= 0.6 is 0 Å². The summed E-state index contributed by atoms with van der Waals surface area (Å²) >= 11 is 0. The van der Waals surface area contributed by atoms with Gasteiger partial charge < -0.3 is 15.2 Å². The van der Waals surface area contributed by atoms with Crippen LogP contribution in [0.4, 0.5) is 5.69 Å². The number of aromatic hydroxyl groups is 1. The minimum atomic E-state index is -0.320. The highest BCUT2D eigenvalue weighted by Gasteiger charge is 2.21. The molecule has 2 aromatic heterocycles. The van der Waals surface area contributed by atoms with Crippen molar-refractivity contribution < 1.29 is 14.6 Å². The summed E-state index contributed by atoms with van der Waals surface area (Å²) in [4.78, 5) is 17.4. The fraction of sp³-hybridized carbons (Fsp3) is 0.263. The van der Waals surface area contributed by atoms with Gasteiger partial charge >= 0.3 is 0 Å². The maximum atomic E-state index is 12.9. The molecule has 1 amide bonds. The average molecular weight is 339 g/mol. The Morgan fingerprint density at radius 2 is 2.12 bits per heavy atom. The highest BCUT2D eigenvalue weighted by Crippen LogP contribution is 2.27. The number of imidazole rings is 1. The van der Waals surface area contributed by atoms with Crippen LogP contribution in [-0.4, -0.2) is 27.0 Å². The van der Waals surface area contributed by atoms with Crippen LogP contribution in [0.3, 0.4) is 0 Å². The molecule has 0 bridgehead atoms. The number of anilines is 1. The molecule has 0 fully saturated rings. The van der Waals surface area contributed by atoms with E-state index in [2.05, 4.69) is 10.3 Å². The lowest BCUT2D eigenvalue weighted by molar-refractivity contribution is 0.102. The van der Waals surface area contributed by atoms with E-state index in [0.717, 1.165) is 5.56 Å². The third kappa shape index (κ3) is 3.15. The van der Waals surface area contributed by atoms with Crippen LogP contribution in [0.2, 0.25) is 0 Å². The summed E-state index contributed by atoms with van der Waals surface area (Å²) in [6, 6.07) is 8.73. The summed E-state index contributed by atoms with van der Waals surface area (Å²) in [5, 5.41) is 12.8. The average Bonchev–Trinajstić information content (AvgIpc) is 2.98. The highest BCUT2D eigenvalue weighted by molar-refractivity contribution is 6.05. The maximum Gasteiger partial charge on any atom is 0.274 e. The van der Waals surface area contributed by atoms with Gasteiger partial charge in [-0.25, -0.2) is 4.98 Å². The number of fused-ring (bicyclic) bond motifs is 1. The van der Waals surface area contributed by atoms with E-state index in [-0.39, 0.29) is 11.7 Å². The first-order valence-electron chi connectivity index (χ1n) is 8.28. The minimum Gasteiger partial charge on any atom is -0.506 e. The van der Waals surface area contributed by atoms with E-state index in [1.807, 2.05) is 32.9 Å². The topological polar surface area (TPSA) is 75.9 Å². The fourth-order valence-electron chi connectivity index (χ4n) is 2.78. The number of nitrogens with one attached hydrogen (secondary N) is 1. The van der Waals surface area contributed by atoms with Crippen molar-refractivity contribution in [1.29, 1.82) is 0 Å². The van der Waals surface area contributed by atoms with Crippen molar-refractivity contribution >= 4 is 17.2 Å². The second-order valence-corrected chi connectivity index (χ2v) is 5.73. The first-order valence-corrected chi connectivity index (χ1v) is 8.28. The van der Waals surface area contributed by atoms with Gasteiger partial charge in [0, 0.05) is 6.20 Å². The van der Waals surface area contributed by atoms with Crippen molar-refractivity contribution in [3.05, 3.63) is 53.5 Å². The van der Waals surface area contributed by atoms with Gasteiger partial charge in [0.2, 0.25) is 0 Å². The molecule has 0 unspecified atom stereocenters. The lowest BCUT2D eigenvalue weighted by Gasteiger charge is -2.10. The molecule has 130 valence electrons. The molecule has 0 spiro atoms. The van der Waals surface area contributed by atoms with Crippen LogP contribution in [0.15, 0.2) is 36.5 Å². The standard InChI is InChI=1S/C19H21N3O3/c1-4-13-17(19(24)21-14-11-12(3)8-9-15(14)23)22-10-6-7-16(25-5-2)18(22)20-13/h6-11,23H,4-5H2,1-3H3,(H,21,24). The van der Waals surface area contributed by atoms with Gasteiger partial charge in [-0.3, -0.25) is 9.20 Å². The van der Waals surface area contributed by atoms with E-state index in [1.165, 1.54) is 0 Å². The number of amides is 1. The van der Waals surface area contributed by atoms with Crippen LogP contribution in [-0.2, 0) is 6.42 Å². The monoisotopic (exact) mass is 339 g/mol. The molecule has 0 saturated heterocycles. The Morgan fingerprint density at radius 3 is 2.84 bits per heavy atom. The molecule has 2 heterocycles. The first-order chi connectivity index (χ1) is 12.0. The number of carbonyl (C=O) groups is 1. The number of hydrogen-bond donors (Lipinski definition) is 2. The SMILES string of the molecule is CCOc1cccn2c(C(=O)Nc3cc(C)ccc3O)c(CC)nc12. The largest absolute Gasteiger partial charge is 0.506 e. The second-order valence-electron chi connectivity index (χ2n) is 5.73. The molecule has 1 aromatic carbocycles. The Labute approximate surface area is 146 Å². The Hall–Kier alpha value is -3.02. The number of aromatic nitrogens is 2. The van der Waals surface area contributed by atoms with Gasteiger partial charge in [-0.05, 0) is 50.1 Å². The van der Waals surface area contributed by atoms with Crippen LogP contribution in [0.5, 0.6) is 11.5 Å². The molecule has 3 aromatic rings. The summed E-state index contributed by atoms with van der Waals surface area (Å²) in [6.45, 7) is 6.27. The molecule has 6 nitrogen and oxygen atoms in total. The highest BCUT2D eigenvalue weighted by atomic mass is 16.5. The van der Waals surface area contributed by atoms with Gasteiger partial charge in [-0.2, -0.15) is 0 Å². The van der Waals surface area contributed by atoms with E-state index in [4.69, 9.17) is 4.74 Å². The van der Waals surface area contributed by atoms with Crippen LogP contribution in [0, 0.1) is 6.92 Å². The number of nitrogens with zero attached hydrogens (tertiary/aromatic N) is 2. The molecule has 25 heavy (non-hydrogen) atoms. The molecule has 0 aliphatic carbocycles. The normalized spacial score (nSPS) is 10.8. The third-order valence-electron chi connectivity index (χ3n) is 3.94. The number of ether oxygens (including phenoxy) is 1. The van der Waals surface area contributed by atoms with E-state index < -0.39 is 0 Å². The first kappa shape index (κ1) is 16.8. The number of pyridine rings is 1. The molecular weight excluding hydrogens is 318 g/mol. The van der Waals surface area contributed by atoms with E-state index in [9.17, 15) is 9.90 Å². The summed E-state index contributed by atoms with van der Waals surface area (Å²) in [5.74, 6) is 0.344. The zero-order valence-electron chi connectivity index (χ0n) is 14.5. The Balaban J connectivity index is 2.06. The Bertz CT molecular complexity index is 931. The molecule has 0 atom stereocenters. The lowest BCUT2D eigenvalue weighted by Crippen LogP contribution is -2.16. The Morgan fingerprint density at radius 1 is 1.32 bits per heavy atom. The van der Waals surface area contributed by atoms with Gasteiger partial charge in [0.25, 0.3) is 5.91 Å². The molecular formula is C19H21N3O3. The van der Waals surface area contributed by atoms with E-state index in [1.54, 1.807) is 28.8 Å². The van der Waals surface area contributed by atoms with Crippen molar-refractivity contribution in [3.63, 3.8) is 0 Å². The van der Waals surface area contributed by atoms with Crippen molar-refractivity contribution in [2.75, 3.05) is 11.9 Å². The summed E-state index contributed by atoms with van der Waals surface area (Å²) in [7, 11) is 0. The fourth-order valence-corrected chi connectivity index (χ4v) is 2.78. The zero-order valence-corrected chi connectivity index (χ0v) is 14.5. The van der Waals surface area contributed by atoms with Crippen LogP contribution in [0.25, 0.3) is 5.65 Å². The lowest BCUT2D eigenvalue weighted by atomic mass is 10.2. The molecule has 0 aliphatic rings. The molecule has 0 radical (unpaired) electrons. The van der Waals surface area contributed by atoms with E-state index in [0.29, 0.717) is 41.5 Å². The van der Waals surface area contributed by atoms with Gasteiger partial charge in [0.05, 0.1) is 18.0 Å². The number of carbonyl (C=O) groups excluding carboxylic acids is 1. The molecule has 6 heteroatoms. The zero-order chi connectivity index (χ0) is 18.0. The second kappa shape index (κ2) is 6.84. The summed E-state index contributed by atoms with van der Waals surface area (Å²) in [5.41, 5.74) is 3.06. The van der Waals surface area contributed by atoms with Crippen molar-refractivity contribution in [2.24, 2.45) is 0 Å². The van der Waals surface area contributed by atoms with Gasteiger partial charge in [-0.15, -0.1) is 0 Å². The number of rotatable bonds is 5. The van der Waals surface area contributed by atoms with Gasteiger partial charge in [0.1, 0.15) is 11.4 Å². The van der Waals surface area contributed by atoms with E-state index >= 15 is 0 Å². The summed E-state index contributed by atoms with van der Waals surface area (Å²) < 4.78 is 7.34. The Kier molecular flexibility index (Phi) is 4.61. The third-order valence-corrected chi connectivity index (χ3v) is 3.94. The van der Waals surface area contributed by atoms with Crippen LogP contribution in [0.1, 0.15) is 35.6 Å². The van der Waals surface area contributed by atoms with Gasteiger partial charge in [-0.1, -0.05) is 13.0 Å². The number of phenolic OH excluding ortho intramolecular Hbond substituents is 1. The predicted molar refractivity (Wildman–Crippen MR) is 96.5 cm³/mol. The number of hydrogen-bond acceptors (Lipinski definition) is 4. The number of aryl methyl sites for hydroxylation is 2. The molecule has 0 saturated carbocycles. The molecule has 3 rings (SSSR count).